The molecule has 2 aromatic carbocycles. The number of fused-ring (bicyclic) bond motifs is 3. The van der Waals surface area contributed by atoms with Crippen LogP contribution >= 0.6 is 0 Å². The van der Waals surface area contributed by atoms with E-state index in [1.807, 2.05) is 4.90 Å². The van der Waals surface area contributed by atoms with Gasteiger partial charge < -0.3 is 24.3 Å². The summed E-state index contributed by atoms with van der Waals surface area (Å²) in [4.78, 5) is 31.5. The van der Waals surface area contributed by atoms with Gasteiger partial charge >= 0.3 is 6.01 Å². The first-order valence-electron chi connectivity index (χ1n) is 15.9. The number of benzene rings is 2. The molecule has 1 atom stereocenters. The lowest BCUT2D eigenvalue weighted by molar-refractivity contribution is -0.126. The average molecular weight is 579 g/mol. The zero-order chi connectivity index (χ0) is 29.5. The lowest BCUT2D eigenvalue weighted by Gasteiger charge is -2.38. The van der Waals surface area contributed by atoms with Gasteiger partial charge in [-0.1, -0.05) is 43.8 Å². The molecule has 8 nitrogen and oxygen atoms in total. The van der Waals surface area contributed by atoms with Gasteiger partial charge in [0.2, 0.25) is 5.91 Å². The van der Waals surface area contributed by atoms with Crippen molar-refractivity contribution in [3.63, 3.8) is 0 Å². The number of carbonyl (C=O) groups is 1. The minimum atomic E-state index is -0.0104. The first kappa shape index (κ1) is 27.9. The van der Waals surface area contributed by atoms with E-state index in [1.54, 1.807) is 0 Å². The number of hydrogen-bond acceptors (Lipinski definition) is 7. The molecule has 3 aromatic rings. The van der Waals surface area contributed by atoms with Crippen molar-refractivity contribution in [2.75, 3.05) is 56.1 Å². The number of carbonyl (C=O) groups excluding carboxylic acids is 1. The van der Waals surface area contributed by atoms with E-state index in [-0.39, 0.29) is 5.91 Å². The second kappa shape index (κ2) is 11.6. The number of hydrogen-bond donors (Lipinski definition) is 0. The third-order valence-corrected chi connectivity index (χ3v) is 9.63. The van der Waals surface area contributed by atoms with Gasteiger partial charge in [-0.25, -0.2) is 0 Å². The molecule has 7 rings (SSSR count). The van der Waals surface area contributed by atoms with E-state index < -0.39 is 0 Å². The van der Waals surface area contributed by atoms with Gasteiger partial charge in [0.1, 0.15) is 17.4 Å². The van der Waals surface area contributed by atoms with Crippen LogP contribution in [0.25, 0.3) is 0 Å². The minimum Gasteiger partial charge on any atom is -0.424 e. The van der Waals surface area contributed by atoms with Crippen LogP contribution in [0, 0.1) is 5.92 Å². The Morgan fingerprint density at radius 1 is 0.930 bits per heavy atom. The van der Waals surface area contributed by atoms with Gasteiger partial charge in [0.15, 0.2) is 0 Å². The molecule has 43 heavy (non-hydrogen) atoms. The maximum atomic E-state index is 12.3. The molecule has 1 amide bonds. The van der Waals surface area contributed by atoms with E-state index >= 15 is 0 Å². The van der Waals surface area contributed by atoms with Crippen LogP contribution in [0.2, 0.25) is 0 Å². The Morgan fingerprint density at radius 2 is 1.72 bits per heavy atom. The number of aromatic nitrogens is 2. The highest BCUT2D eigenvalue weighted by molar-refractivity contribution is 5.87. The number of rotatable bonds is 6. The summed E-state index contributed by atoms with van der Waals surface area (Å²) >= 11 is 0. The summed E-state index contributed by atoms with van der Waals surface area (Å²) in [6.45, 7) is 12.5. The lowest BCUT2D eigenvalue weighted by atomic mass is 9.99. The van der Waals surface area contributed by atoms with Gasteiger partial charge in [-0.3, -0.25) is 4.79 Å². The molecule has 224 valence electrons. The van der Waals surface area contributed by atoms with E-state index in [9.17, 15) is 4.79 Å². The molecule has 8 heteroatoms. The predicted molar refractivity (Wildman–Crippen MR) is 170 cm³/mol. The highest BCUT2D eigenvalue weighted by Gasteiger charge is 2.31. The lowest BCUT2D eigenvalue weighted by Crippen LogP contribution is -2.49. The molecule has 4 heterocycles. The van der Waals surface area contributed by atoms with Crippen LogP contribution in [0.1, 0.15) is 46.7 Å². The van der Waals surface area contributed by atoms with E-state index in [0.717, 1.165) is 82.3 Å². The predicted octanol–water partition coefficient (Wildman–Crippen LogP) is 4.78. The maximum Gasteiger partial charge on any atom is 0.325 e. The van der Waals surface area contributed by atoms with Crippen LogP contribution in [0.5, 0.6) is 11.8 Å². The molecule has 0 bridgehead atoms. The molecule has 0 N–H and O–H groups in total. The van der Waals surface area contributed by atoms with Crippen molar-refractivity contribution >= 4 is 17.5 Å². The Balaban J connectivity index is 1.25. The molecule has 4 aliphatic rings. The summed E-state index contributed by atoms with van der Waals surface area (Å²) in [6, 6.07) is 13.6. The van der Waals surface area contributed by atoms with Crippen LogP contribution in [0.15, 0.2) is 49.1 Å². The maximum absolute atomic E-state index is 12.3. The van der Waals surface area contributed by atoms with Crippen LogP contribution in [0.3, 0.4) is 0 Å². The molecule has 1 aromatic heterocycles. The number of likely N-dealkylation sites (N-methyl/N-ethyl adjacent to an activating group) is 1. The fourth-order valence-electron chi connectivity index (χ4n) is 7.41. The molecule has 0 radical (unpaired) electrons. The number of piperazine rings is 1. The third-order valence-electron chi connectivity index (χ3n) is 9.63. The minimum absolute atomic E-state index is 0.0104. The van der Waals surface area contributed by atoms with Crippen molar-refractivity contribution in [3.05, 3.63) is 82.4 Å². The van der Waals surface area contributed by atoms with Gasteiger partial charge in [-0.2, -0.15) is 9.97 Å². The van der Waals surface area contributed by atoms with E-state index in [2.05, 4.69) is 71.6 Å². The quantitative estimate of drug-likeness (QED) is 0.390. The second-order valence-corrected chi connectivity index (χ2v) is 12.7. The van der Waals surface area contributed by atoms with Gasteiger partial charge in [0.05, 0.1) is 0 Å². The number of ether oxygens (including phenoxy) is 1. The topological polar surface area (TPSA) is 65.0 Å². The van der Waals surface area contributed by atoms with E-state index in [1.165, 1.54) is 45.9 Å². The molecule has 1 aliphatic carbocycles. The van der Waals surface area contributed by atoms with E-state index in [4.69, 9.17) is 14.7 Å². The Labute approximate surface area is 255 Å². The third kappa shape index (κ3) is 5.49. The van der Waals surface area contributed by atoms with Gasteiger partial charge in [-0.05, 0) is 79.5 Å². The Morgan fingerprint density at radius 3 is 2.56 bits per heavy atom. The highest BCUT2D eigenvalue weighted by atomic mass is 16.5. The smallest absolute Gasteiger partial charge is 0.325 e. The van der Waals surface area contributed by atoms with Crippen molar-refractivity contribution in [2.24, 2.45) is 5.92 Å². The van der Waals surface area contributed by atoms with Crippen molar-refractivity contribution in [3.8, 4) is 11.8 Å². The number of anilines is 2. The Hall–Kier alpha value is -3.91. The zero-order valence-corrected chi connectivity index (χ0v) is 25.5. The first-order chi connectivity index (χ1) is 21.0. The summed E-state index contributed by atoms with van der Waals surface area (Å²) in [5, 5.41) is 0. The van der Waals surface area contributed by atoms with Gasteiger partial charge in [-0.15, -0.1) is 0 Å². The van der Waals surface area contributed by atoms with Crippen LogP contribution in [-0.4, -0.2) is 72.0 Å². The van der Waals surface area contributed by atoms with Gasteiger partial charge in [0, 0.05) is 63.5 Å². The monoisotopic (exact) mass is 578 g/mol. The zero-order valence-electron chi connectivity index (χ0n) is 25.5. The summed E-state index contributed by atoms with van der Waals surface area (Å²) < 4.78 is 6.60. The van der Waals surface area contributed by atoms with Gasteiger partial charge in [0.25, 0.3) is 0 Å². The SMILES string of the molecule is C=CC(=O)N1CCN(c2nc(Oc3cccc4c3CCN(C)C4)nc3c2CCCN3Cc2cccc3c2CC(C)C3)CC1. The largest absolute Gasteiger partial charge is 0.424 e. The summed E-state index contributed by atoms with van der Waals surface area (Å²) in [7, 11) is 2.16. The molecule has 0 saturated carbocycles. The molecule has 3 aliphatic heterocycles. The molecule has 1 saturated heterocycles. The standard InChI is InChI=1S/C35H42N6O2/c1-4-32(42)39-16-18-40(19-17-39)33-29-11-7-14-41(23-27-9-5-8-25-20-24(2)21-30(25)27)34(29)37-35(36-33)43-31-12-6-10-26-22-38(3)15-13-28(26)31/h4-6,8-10,12,24H,1,7,11,13-23H2,2-3H3. The molecular formula is C35H42N6O2. The normalized spacial score (nSPS) is 20.0. The van der Waals surface area contributed by atoms with Crippen LogP contribution in [-0.2, 0) is 43.6 Å². The molecule has 0 spiro atoms. The Bertz CT molecular complexity index is 1550. The number of amides is 1. The van der Waals surface area contributed by atoms with Crippen LogP contribution < -0.4 is 14.5 Å². The van der Waals surface area contributed by atoms with Crippen LogP contribution in [0.4, 0.5) is 11.6 Å². The molecular weight excluding hydrogens is 536 g/mol. The average Bonchev–Trinajstić information content (AvgIpc) is 3.42. The highest BCUT2D eigenvalue weighted by Crippen LogP contribution is 2.38. The van der Waals surface area contributed by atoms with Crippen molar-refractivity contribution in [1.82, 2.24) is 19.8 Å². The molecule has 1 unspecified atom stereocenters. The second-order valence-electron chi connectivity index (χ2n) is 12.7. The summed E-state index contributed by atoms with van der Waals surface area (Å²) in [6.07, 6.45) is 6.67. The Kier molecular flexibility index (Phi) is 7.55. The summed E-state index contributed by atoms with van der Waals surface area (Å²) in [5.41, 5.74) is 8.19. The first-order valence-corrected chi connectivity index (χ1v) is 15.9. The summed E-state index contributed by atoms with van der Waals surface area (Å²) in [5.74, 6) is 3.48. The number of nitrogens with zero attached hydrogens (tertiary/aromatic N) is 6. The fourth-order valence-corrected chi connectivity index (χ4v) is 7.41. The molecule has 1 fully saturated rings. The van der Waals surface area contributed by atoms with Crippen molar-refractivity contribution in [1.29, 1.82) is 0 Å². The van der Waals surface area contributed by atoms with Crippen molar-refractivity contribution < 1.29 is 9.53 Å². The van der Waals surface area contributed by atoms with Crippen molar-refractivity contribution in [2.45, 2.75) is 52.1 Å². The fraction of sp³-hybridized carbons (Fsp3) is 0.457. The van der Waals surface area contributed by atoms with E-state index in [0.29, 0.717) is 25.0 Å².